The largest absolute Gasteiger partial charge is 0.455 e. The second kappa shape index (κ2) is 12.2. The van der Waals surface area contributed by atoms with Gasteiger partial charge < -0.3 is 4.42 Å². The first-order valence-electron chi connectivity index (χ1n) is 18.5. The average Bonchev–Trinajstić information content (AvgIpc) is 3.61. The Hall–Kier alpha value is -7.10. The molecule has 0 radical (unpaired) electrons. The molecule has 1 aromatic heterocycles. The zero-order chi connectivity index (χ0) is 36.6. The molecule has 0 saturated carbocycles. The van der Waals surface area contributed by atoms with E-state index < -0.39 is 11.6 Å². The molecular weight excluding hydrogens is 679 g/mol. The Bertz CT molecular complexity index is 3210. The third-order valence-electron chi connectivity index (χ3n) is 11.2. The van der Waals surface area contributed by atoms with Crippen LogP contribution in [0.2, 0.25) is 0 Å². The number of benzene rings is 10. The van der Waals surface area contributed by atoms with E-state index in [0.717, 1.165) is 60.2 Å². The molecule has 0 saturated heterocycles. The Labute approximate surface area is 315 Å². The van der Waals surface area contributed by atoms with Crippen LogP contribution in [0.4, 0.5) is 8.78 Å². The van der Waals surface area contributed by atoms with E-state index >= 15 is 8.78 Å². The number of hydrogen-bond acceptors (Lipinski definition) is 1. The fourth-order valence-electron chi connectivity index (χ4n) is 8.93. The van der Waals surface area contributed by atoms with Crippen molar-refractivity contribution in [2.75, 3.05) is 0 Å². The molecule has 10 aromatic carbocycles. The summed E-state index contributed by atoms with van der Waals surface area (Å²) in [5, 5.41) is 10.1. The van der Waals surface area contributed by atoms with Gasteiger partial charge in [-0.05, 0) is 89.6 Å². The van der Waals surface area contributed by atoms with E-state index in [1.807, 2.05) is 48.5 Å². The van der Waals surface area contributed by atoms with Gasteiger partial charge in [0.1, 0.15) is 22.8 Å². The smallest absolute Gasteiger partial charge is 0.143 e. The van der Waals surface area contributed by atoms with Crippen LogP contribution in [0, 0.1) is 11.6 Å². The van der Waals surface area contributed by atoms with Gasteiger partial charge >= 0.3 is 0 Å². The lowest BCUT2D eigenvalue weighted by Crippen LogP contribution is -1.95. The van der Waals surface area contributed by atoms with Gasteiger partial charge in [0.2, 0.25) is 0 Å². The van der Waals surface area contributed by atoms with E-state index in [2.05, 4.69) is 115 Å². The quantitative estimate of drug-likeness (QED) is 0.166. The fourth-order valence-corrected chi connectivity index (χ4v) is 8.93. The first kappa shape index (κ1) is 31.4. The van der Waals surface area contributed by atoms with Gasteiger partial charge in [0.25, 0.3) is 0 Å². The third kappa shape index (κ3) is 4.70. The molecule has 0 bridgehead atoms. The summed E-state index contributed by atoms with van der Waals surface area (Å²) in [5.74, 6) is -1.18. The van der Waals surface area contributed by atoms with Crippen molar-refractivity contribution < 1.29 is 13.2 Å². The second-order valence-corrected chi connectivity index (χ2v) is 14.1. The molecule has 0 spiro atoms. The summed E-state index contributed by atoms with van der Waals surface area (Å²) >= 11 is 0. The van der Waals surface area contributed by atoms with Gasteiger partial charge in [-0.1, -0.05) is 158 Å². The van der Waals surface area contributed by atoms with Gasteiger partial charge in [0.05, 0.1) is 5.56 Å². The SMILES string of the molecule is Fc1cccc(F)c1-c1c2ccccc2c(-c2cccc3c2oc2cc(-c4c5ccccc5c(-c5ccccc5)c5ccccc45)ccc23)c2ccccc12. The van der Waals surface area contributed by atoms with Crippen molar-refractivity contribution in [3.8, 4) is 44.5 Å². The molecule has 0 N–H and O–H groups in total. The van der Waals surface area contributed by atoms with E-state index in [0.29, 0.717) is 5.56 Å². The summed E-state index contributed by atoms with van der Waals surface area (Å²) < 4.78 is 38.0. The highest BCUT2D eigenvalue weighted by Gasteiger charge is 2.24. The number of fused-ring (bicyclic) bond motifs is 7. The van der Waals surface area contributed by atoms with Crippen LogP contribution in [0.1, 0.15) is 0 Å². The molecule has 3 heteroatoms. The highest BCUT2D eigenvalue weighted by atomic mass is 19.1. The summed E-state index contributed by atoms with van der Waals surface area (Å²) in [5.41, 5.74) is 8.63. The van der Waals surface area contributed by atoms with Gasteiger partial charge in [-0.15, -0.1) is 0 Å². The molecular formula is C52H30F2O. The zero-order valence-corrected chi connectivity index (χ0v) is 29.5. The number of furan rings is 1. The van der Waals surface area contributed by atoms with Crippen molar-refractivity contribution in [3.05, 3.63) is 194 Å². The predicted octanol–water partition coefficient (Wildman–Crippen LogP) is 15.1. The average molecular weight is 709 g/mol. The maximum absolute atomic E-state index is 15.5. The third-order valence-corrected chi connectivity index (χ3v) is 11.2. The summed E-state index contributed by atoms with van der Waals surface area (Å²) in [6.07, 6.45) is 0. The molecule has 0 unspecified atom stereocenters. The molecule has 0 aliphatic rings. The van der Waals surface area contributed by atoms with Crippen LogP contribution >= 0.6 is 0 Å². The van der Waals surface area contributed by atoms with Crippen LogP contribution in [-0.2, 0) is 0 Å². The van der Waals surface area contributed by atoms with Gasteiger partial charge in [0.15, 0.2) is 0 Å². The number of hydrogen-bond donors (Lipinski definition) is 0. The first-order chi connectivity index (χ1) is 27.2. The molecule has 11 aromatic rings. The monoisotopic (exact) mass is 708 g/mol. The normalized spacial score (nSPS) is 11.8. The Morgan fingerprint density at radius 1 is 0.291 bits per heavy atom. The minimum absolute atomic E-state index is 0.0206. The van der Waals surface area contributed by atoms with Gasteiger partial charge in [-0.2, -0.15) is 0 Å². The zero-order valence-electron chi connectivity index (χ0n) is 29.5. The molecule has 55 heavy (non-hydrogen) atoms. The van der Waals surface area contributed by atoms with Crippen molar-refractivity contribution >= 4 is 65.0 Å². The van der Waals surface area contributed by atoms with Crippen molar-refractivity contribution in [2.45, 2.75) is 0 Å². The maximum Gasteiger partial charge on any atom is 0.143 e. The number of para-hydroxylation sites is 1. The van der Waals surface area contributed by atoms with Crippen molar-refractivity contribution in [1.82, 2.24) is 0 Å². The molecule has 11 rings (SSSR count). The fraction of sp³-hybridized carbons (Fsp3) is 0. The second-order valence-electron chi connectivity index (χ2n) is 14.1. The number of halogens is 2. The van der Waals surface area contributed by atoms with Crippen LogP contribution < -0.4 is 0 Å². The Morgan fingerprint density at radius 3 is 1.27 bits per heavy atom. The van der Waals surface area contributed by atoms with E-state index in [9.17, 15) is 0 Å². The lowest BCUT2D eigenvalue weighted by Gasteiger charge is -2.18. The molecule has 1 heterocycles. The van der Waals surface area contributed by atoms with Crippen LogP contribution in [0.5, 0.6) is 0 Å². The van der Waals surface area contributed by atoms with Crippen molar-refractivity contribution in [1.29, 1.82) is 0 Å². The standard InChI is InChI=1S/C52H30F2O/c53-44-26-13-27-45(54)51(44)50-40-22-10-8-20-38(40)49(39-21-9-11-23-41(39)50)43-25-12-24-42-33-29-28-32(30-46(33)55-52(42)43)48-36-18-6-4-16-34(36)47(31-14-2-1-3-15-31)35-17-5-7-19-37(35)48/h1-30H. The van der Waals surface area contributed by atoms with Gasteiger partial charge in [-0.3, -0.25) is 0 Å². The van der Waals surface area contributed by atoms with Crippen molar-refractivity contribution in [3.63, 3.8) is 0 Å². The summed E-state index contributed by atoms with van der Waals surface area (Å²) in [6, 6.07) is 60.6. The molecule has 258 valence electrons. The molecule has 0 amide bonds. The molecule has 0 atom stereocenters. The Morgan fingerprint density at radius 2 is 0.727 bits per heavy atom. The van der Waals surface area contributed by atoms with Crippen LogP contribution in [0.25, 0.3) is 110 Å². The van der Waals surface area contributed by atoms with Crippen LogP contribution in [0.3, 0.4) is 0 Å². The first-order valence-corrected chi connectivity index (χ1v) is 18.5. The minimum atomic E-state index is -0.589. The molecule has 0 fully saturated rings. The van der Waals surface area contributed by atoms with E-state index in [-0.39, 0.29) is 5.56 Å². The van der Waals surface area contributed by atoms with Gasteiger partial charge in [0, 0.05) is 27.5 Å². The molecule has 0 aliphatic carbocycles. The van der Waals surface area contributed by atoms with Crippen molar-refractivity contribution in [2.24, 2.45) is 0 Å². The lowest BCUT2D eigenvalue weighted by atomic mass is 9.85. The van der Waals surface area contributed by atoms with Gasteiger partial charge in [-0.25, -0.2) is 8.78 Å². The van der Waals surface area contributed by atoms with Crippen LogP contribution in [-0.4, -0.2) is 0 Å². The molecule has 0 aliphatic heterocycles. The minimum Gasteiger partial charge on any atom is -0.455 e. The molecule has 1 nitrogen and oxygen atoms in total. The summed E-state index contributed by atoms with van der Waals surface area (Å²) in [6.45, 7) is 0. The predicted molar refractivity (Wildman–Crippen MR) is 225 cm³/mol. The van der Waals surface area contributed by atoms with E-state index in [1.165, 1.54) is 56.4 Å². The van der Waals surface area contributed by atoms with E-state index in [1.54, 1.807) is 0 Å². The topological polar surface area (TPSA) is 13.1 Å². The Kier molecular flexibility index (Phi) is 6.99. The lowest BCUT2D eigenvalue weighted by molar-refractivity contribution is 0.590. The summed E-state index contributed by atoms with van der Waals surface area (Å²) in [4.78, 5) is 0. The maximum atomic E-state index is 15.5. The van der Waals surface area contributed by atoms with Crippen LogP contribution in [0.15, 0.2) is 186 Å². The summed E-state index contributed by atoms with van der Waals surface area (Å²) in [7, 11) is 0. The number of rotatable bonds is 4. The Balaban J connectivity index is 1.18. The highest BCUT2D eigenvalue weighted by molar-refractivity contribution is 6.25. The van der Waals surface area contributed by atoms with E-state index in [4.69, 9.17) is 4.42 Å². The highest BCUT2D eigenvalue weighted by Crippen LogP contribution is 2.49.